The molecule has 2 aromatic rings. The summed E-state index contributed by atoms with van der Waals surface area (Å²) < 4.78 is 14.5. The first-order valence-corrected chi connectivity index (χ1v) is 7.51. The zero-order valence-corrected chi connectivity index (χ0v) is 12.9. The van der Waals surface area contributed by atoms with Gasteiger partial charge in [0.25, 0.3) is 0 Å². The van der Waals surface area contributed by atoms with Crippen molar-refractivity contribution < 1.29 is 4.39 Å². The molecule has 96 valence electrons. The highest BCUT2D eigenvalue weighted by molar-refractivity contribution is 9.10. The first-order valence-electron chi connectivity index (χ1n) is 5.46. The Morgan fingerprint density at radius 3 is 2.83 bits per heavy atom. The summed E-state index contributed by atoms with van der Waals surface area (Å²) in [6.07, 6.45) is 0.659. The number of halogens is 3. The summed E-state index contributed by atoms with van der Waals surface area (Å²) in [5, 5.41) is 5.48. The van der Waals surface area contributed by atoms with Gasteiger partial charge in [0.15, 0.2) is 0 Å². The maximum atomic E-state index is 13.4. The Morgan fingerprint density at radius 1 is 1.44 bits per heavy atom. The van der Waals surface area contributed by atoms with Crippen molar-refractivity contribution in [1.82, 2.24) is 5.32 Å². The lowest BCUT2D eigenvalue weighted by molar-refractivity contribution is 0.591. The van der Waals surface area contributed by atoms with Gasteiger partial charge in [-0.25, -0.2) is 4.39 Å². The molecule has 1 aromatic carbocycles. The van der Waals surface area contributed by atoms with Crippen LogP contribution in [0.5, 0.6) is 0 Å². The molecular formula is C13H12BrClFNS. The Morgan fingerprint density at radius 2 is 2.22 bits per heavy atom. The van der Waals surface area contributed by atoms with Crippen LogP contribution in [0, 0.1) is 5.82 Å². The Bertz CT molecular complexity index is 544. The summed E-state index contributed by atoms with van der Waals surface area (Å²) in [4.78, 5) is 1.19. The fourth-order valence-corrected chi connectivity index (χ4v) is 3.77. The molecule has 2 rings (SSSR count). The highest BCUT2D eigenvalue weighted by atomic mass is 79.9. The van der Waals surface area contributed by atoms with Crippen LogP contribution in [0.4, 0.5) is 4.39 Å². The lowest BCUT2D eigenvalue weighted by Crippen LogP contribution is -2.18. The Labute approximate surface area is 123 Å². The van der Waals surface area contributed by atoms with Crippen LogP contribution in [-0.4, -0.2) is 7.05 Å². The smallest absolute Gasteiger partial charge is 0.142 e. The highest BCUT2D eigenvalue weighted by Crippen LogP contribution is 2.32. The van der Waals surface area contributed by atoms with E-state index in [0.717, 1.165) is 10.0 Å². The summed E-state index contributed by atoms with van der Waals surface area (Å²) in [6.45, 7) is 0. The van der Waals surface area contributed by atoms with E-state index >= 15 is 0 Å². The third-order valence-corrected chi connectivity index (χ3v) is 5.17. The third-order valence-electron chi connectivity index (χ3n) is 2.77. The second-order valence-electron chi connectivity index (χ2n) is 3.89. The van der Waals surface area contributed by atoms with Crippen molar-refractivity contribution >= 4 is 38.9 Å². The molecule has 0 amide bonds. The molecule has 0 aliphatic heterocycles. The van der Waals surface area contributed by atoms with E-state index in [1.54, 1.807) is 17.4 Å². The second-order valence-corrected chi connectivity index (χ2v) is 6.07. The van der Waals surface area contributed by atoms with Gasteiger partial charge in [-0.2, -0.15) is 0 Å². The van der Waals surface area contributed by atoms with Crippen LogP contribution in [0.15, 0.2) is 34.1 Å². The molecule has 0 aliphatic rings. The minimum atomic E-state index is -0.366. The van der Waals surface area contributed by atoms with Crippen LogP contribution in [0.1, 0.15) is 16.5 Å². The summed E-state index contributed by atoms with van der Waals surface area (Å²) in [5.41, 5.74) is 0.816. The number of likely N-dealkylation sites (N-methyl/N-ethyl adjacent to an activating group) is 1. The lowest BCUT2D eigenvalue weighted by atomic mass is 10.0. The Hall–Kier alpha value is -0.420. The van der Waals surface area contributed by atoms with Crippen LogP contribution in [0.25, 0.3) is 0 Å². The van der Waals surface area contributed by atoms with Crippen molar-refractivity contribution in [1.29, 1.82) is 0 Å². The van der Waals surface area contributed by atoms with Crippen LogP contribution >= 0.6 is 38.9 Å². The second kappa shape index (κ2) is 6.15. The van der Waals surface area contributed by atoms with Crippen LogP contribution in [0.2, 0.25) is 5.02 Å². The van der Waals surface area contributed by atoms with E-state index in [-0.39, 0.29) is 16.9 Å². The molecule has 5 heteroatoms. The molecule has 1 atom stereocenters. The standard InChI is InChI=1S/C13H12BrClFNS/c1-17-11(13-9(14)5-6-18-13)7-8-3-2-4-10(16)12(8)15/h2-6,11,17H,7H2,1H3. The van der Waals surface area contributed by atoms with Gasteiger partial charge in [-0.15, -0.1) is 11.3 Å². The van der Waals surface area contributed by atoms with E-state index in [0.29, 0.717) is 6.42 Å². The molecule has 1 N–H and O–H groups in total. The molecule has 1 unspecified atom stereocenters. The molecule has 0 bridgehead atoms. The summed E-state index contributed by atoms with van der Waals surface area (Å²) >= 11 is 11.2. The average Bonchev–Trinajstić information content (AvgIpc) is 2.77. The lowest BCUT2D eigenvalue weighted by Gasteiger charge is -2.16. The SMILES string of the molecule is CNC(Cc1cccc(F)c1Cl)c1sccc1Br. The van der Waals surface area contributed by atoms with Gasteiger partial charge in [-0.05, 0) is 52.5 Å². The first-order chi connectivity index (χ1) is 8.63. The van der Waals surface area contributed by atoms with Gasteiger partial charge in [0, 0.05) is 15.4 Å². The summed E-state index contributed by atoms with van der Waals surface area (Å²) in [7, 11) is 1.89. The van der Waals surface area contributed by atoms with Gasteiger partial charge >= 0.3 is 0 Å². The van der Waals surface area contributed by atoms with Crippen molar-refractivity contribution in [3.63, 3.8) is 0 Å². The molecular weight excluding hydrogens is 337 g/mol. The van der Waals surface area contributed by atoms with Gasteiger partial charge < -0.3 is 5.32 Å². The maximum Gasteiger partial charge on any atom is 0.142 e. The van der Waals surface area contributed by atoms with E-state index in [4.69, 9.17) is 11.6 Å². The predicted octanol–water partition coefficient (Wildman–Crippen LogP) is 4.81. The minimum absolute atomic E-state index is 0.124. The topological polar surface area (TPSA) is 12.0 Å². The molecule has 1 nitrogen and oxygen atoms in total. The monoisotopic (exact) mass is 347 g/mol. The molecule has 0 saturated heterocycles. The maximum absolute atomic E-state index is 13.4. The minimum Gasteiger partial charge on any atom is -0.312 e. The van der Waals surface area contributed by atoms with E-state index < -0.39 is 0 Å². The quantitative estimate of drug-likeness (QED) is 0.836. The number of nitrogens with one attached hydrogen (secondary N) is 1. The van der Waals surface area contributed by atoms with Gasteiger partial charge in [0.2, 0.25) is 0 Å². The molecule has 1 heterocycles. The summed E-state index contributed by atoms with van der Waals surface area (Å²) in [6, 6.07) is 7.06. The van der Waals surface area contributed by atoms with Gasteiger partial charge in [-0.3, -0.25) is 0 Å². The number of hydrogen-bond donors (Lipinski definition) is 1. The third kappa shape index (κ3) is 2.94. The van der Waals surface area contributed by atoms with E-state index in [1.165, 1.54) is 10.9 Å². The van der Waals surface area contributed by atoms with E-state index in [2.05, 4.69) is 21.2 Å². The molecule has 1 aromatic heterocycles. The zero-order valence-electron chi connectivity index (χ0n) is 9.71. The van der Waals surface area contributed by atoms with Crippen molar-refractivity contribution in [2.24, 2.45) is 0 Å². The van der Waals surface area contributed by atoms with Crippen molar-refractivity contribution in [2.75, 3.05) is 7.05 Å². The van der Waals surface area contributed by atoms with Crippen molar-refractivity contribution in [3.8, 4) is 0 Å². The average molecular weight is 349 g/mol. The van der Waals surface area contributed by atoms with Gasteiger partial charge in [-0.1, -0.05) is 23.7 Å². The first kappa shape index (κ1) is 14.0. The Kier molecular flexibility index (Phi) is 4.78. The fraction of sp³-hybridized carbons (Fsp3) is 0.231. The molecule has 0 spiro atoms. The molecule has 0 fully saturated rings. The molecule has 0 aliphatic carbocycles. The number of rotatable bonds is 4. The van der Waals surface area contributed by atoms with Crippen LogP contribution in [0.3, 0.4) is 0 Å². The summed E-state index contributed by atoms with van der Waals surface area (Å²) in [5.74, 6) is -0.366. The van der Waals surface area contributed by atoms with Crippen LogP contribution < -0.4 is 5.32 Å². The number of thiophene rings is 1. The predicted molar refractivity (Wildman–Crippen MR) is 78.9 cm³/mol. The number of hydrogen-bond acceptors (Lipinski definition) is 2. The van der Waals surface area contributed by atoms with Crippen molar-refractivity contribution in [2.45, 2.75) is 12.5 Å². The normalized spacial score (nSPS) is 12.7. The fourth-order valence-electron chi connectivity index (χ4n) is 1.81. The molecule has 18 heavy (non-hydrogen) atoms. The largest absolute Gasteiger partial charge is 0.312 e. The zero-order chi connectivity index (χ0) is 13.1. The van der Waals surface area contributed by atoms with Crippen molar-refractivity contribution in [3.05, 3.63) is 55.4 Å². The Balaban J connectivity index is 2.26. The number of benzene rings is 1. The highest BCUT2D eigenvalue weighted by Gasteiger charge is 2.17. The van der Waals surface area contributed by atoms with E-state index in [9.17, 15) is 4.39 Å². The van der Waals surface area contributed by atoms with Crippen LogP contribution in [-0.2, 0) is 6.42 Å². The van der Waals surface area contributed by atoms with E-state index in [1.807, 2.05) is 24.6 Å². The molecule has 0 saturated carbocycles. The van der Waals surface area contributed by atoms with Gasteiger partial charge in [0.05, 0.1) is 5.02 Å². The molecule has 0 radical (unpaired) electrons. The van der Waals surface area contributed by atoms with Gasteiger partial charge in [0.1, 0.15) is 5.82 Å².